The monoisotopic (exact) mass is 1270 g/mol. The van der Waals surface area contributed by atoms with Crippen LogP contribution in [0.25, 0.3) is 11.0 Å². The van der Waals surface area contributed by atoms with Gasteiger partial charge in [0.25, 0.3) is 0 Å². The summed E-state index contributed by atoms with van der Waals surface area (Å²) in [6, 6.07) is 2.64. The van der Waals surface area contributed by atoms with Gasteiger partial charge in [0.05, 0.1) is 41.7 Å². The van der Waals surface area contributed by atoms with Crippen molar-refractivity contribution in [3.05, 3.63) is 63.9 Å². The lowest BCUT2D eigenvalue weighted by Crippen LogP contribution is -2.56. The summed E-state index contributed by atoms with van der Waals surface area (Å²) in [5.41, 5.74) is 24.8. The number of aromatic nitrogens is 2. The fourth-order valence-electron chi connectivity index (χ4n) is 15.4. The normalized spacial score (nSPS) is 32.8. The number of carboxylic acids is 2. The maximum absolute atomic E-state index is 14.4. The third-order valence-corrected chi connectivity index (χ3v) is 21.7. The summed E-state index contributed by atoms with van der Waals surface area (Å²) < 4.78 is 32.2. The lowest BCUT2D eigenvalue weighted by molar-refractivity contribution is -0.138. The van der Waals surface area contributed by atoms with Gasteiger partial charge in [-0.25, -0.2) is 9.55 Å². The Hall–Kier alpha value is -7.00. The molecule has 6 aliphatic heterocycles. The number of benzene rings is 1. The van der Waals surface area contributed by atoms with E-state index in [0.717, 1.165) is 11.1 Å². The number of ether oxygens (including phenoxy) is 1. The number of phosphoric acid groups is 1. The van der Waals surface area contributed by atoms with Gasteiger partial charge in [0.15, 0.2) is 6.23 Å². The van der Waals surface area contributed by atoms with Crippen molar-refractivity contribution in [2.24, 2.45) is 83.2 Å². The molecule has 1 unspecified atom stereocenters. The zero-order valence-corrected chi connectivity index (χ0v) is 53.9. The maximum Gasteiger partial charge on any atom is 0.472 e. The molecular weight excluding hydrogens is 1190 g/mol. The number of nitrogens with one attached hydrogen (secondary N) is 2. The highest BCUT2D eigenvalue weighted by Gasteiger charge is 2.66. The summed E-state index contributed by atoms with van der Waals surface area (Å²) in [5, 5.41) is 48.6. The van der Waals surface area contributed by atoms with Crippen molar-refractivity contribution in [3.8, 4) is 0 Å². The van der Waals surface area contributed by atoms with Gasteiger partial charge < -0.3 is 68.2 Å². The van der Waals surface area contributed by atoms with Crippen molar-refractivity contribution in [1.29, 1.82) is 0 Å². The molecule has 15 N–H and O–H groups in total. The molecule has 2 fully saturated rings. The van der Waals surface area contributed by atoms with Crippen molar-refractivity contribution in [3.63, 3.8) is 0 Å². The van der Waals surface area contributed by atoms with Gasteiger partial charge in [0, 0.05) is 131 Å². The minimum Gasteiger partial charge on any atom is -0.481 e. The average molecular weight is 1270 g/mol. The Morgan fingerprint density at radius 2 is 1.44 bits per heavy atom. The number of aliphatic hydroxyl groups is 2. The number of carbonyl (C=O) groups is 7. The molecule has 90 heavy (non-hydrogen) atoms. The van der Waals surface area contributed by atoms with Crippen LogP contribution in [0.15, 0.2) is 67.8 Å². The Morgan fingerprint density at radius 3 is 2.04 bits per heavy atom. The van der Waals surface area contributed by atoms with Crippen LogP contribution in [0.1, 0.15) is 150 Å². The molecule has 0 saturated carbocycles. The number of amides is 5. The number of nitrogens with two attached hydrogens (primary N) is 4. The number of nitrogens with zero attached hydrogens (tertiary/aromatic N) is 5. The number of imidazole rings is 1. The topological polar surface area (TPSA) is 448 Å². The number of rotatable bonds is 26. The van der Waals surface area contributed by atoms with Gasteiger partial charge in [0.2, 0.25) is 29.5 Å². The molecule has 2 aromatic rings. The number of fused-ring (bicyclic) bond motifs is 7. The van der Waals surface area contributed by atoms with Crippen molar-refractivity contribution in [2.75, 3.05) is 13.2 Å². The number of carboxylic acid groups (broad SMARTS) is 2. The molecule has 27 nitrogen and oxygen atoms in total. The summed E-state index contributed by atoms with van der Waals surface area (Å²) in [4.78, 5) is 125. The Bertz CT molecular complexity index is 3540. The SMILES string of the molecule is CC1=C2N=C(C=C3N/C(=C(/C)C4=N[C@@](C)([C@@H]5N=C1[C@](C)(CCC(=O)NC[C@H](C)OP(=O)(O)O[C@H]1[C@@H](O)[C@@H](n6cnc7cc(C)c(C)cc76)O[C@@H]1CO)[C@H]5CC(N)=O)[C@@](C)(CC(N)=O)[C@@H]4CCC(=O)O)[C@@](C)(CC(N)=O)[C@@H]3CCC(=O)O)C(C)(C)[C@@H]2CCC(N)=O. The molecule has 5 amide bonds. The van der Waals surface area contributed by atoms with E-state index in [0.29, 0.717) is 56.4 Å². The first-order valence-corrected chi connectivity index (χ1v) is 31.9. The van der Waals surface area contributed by atoms with Gasteiger partial charge in [-0.05, 0) is 108 Å². The van der Waals surface area contributed by atoms with Crippen LogP contribution in [0.4, 0.5) is 0 Å². The quantitative estimate of drug-likeness (QED) is 0.0583. The number of phosphoric ester groups is 1. The number of aliphatic carboxylic acids is 2. The van der Waals surface area contributed by atoms with Crippen LogP contribution in [0, 0.1) is 59.2 Å². The van der Waals surface area contributed by atoms with Gasteiger partial charge in [-0.15, -0.1) is 0 Å². The Labute approximate surface area is 522 Å². The van der Waals surface area contributed by atoms with Crippen LogP contribution >= 0.6 is 7.82 Å². The molecule has 0 spiro atoms. The molecule has 2 saturated heterocycles. The second-order valence-electron chi connectivity index (χ2n) is 26.9. The Balaban J connectivity index is 1.19. The van der Waals surface area contributed by atoms with E-state index in [-0.39, 0.29) is 70.8 Å². The first-order chi connectivity index (χ1) is 41.8. The fourth-order valence-corrected chi connectivity index (χ4v) is 16.6. The van der Waals surface area contributed by atoms with Crippen molar-refractivity contribution >= 4 is 77.5 Å². The first-order valence-electron chi connectivity index (χ1n) is 30.4. The molecule has 0 radical (unpaired) electrons. The van der Waals surface area contributed by atoms with Gasteiger partial charge >= 0.3 is 19.8 Å². The van der Waals surface area contributed by atoms with E-state index in [9.17, 15) is 63.4 Å². The van der Waals surface area contributed by atoms with Crippen molar-refractivity contribution in [1.82, 2.24) is 20.2 Å². The molecule has 492 valence electrons. The molecule has 7 heterocycles. The summed E-state index contributed by atoms with van der Waals surface area (Å²) in [6.45, 7) is 18.9. The van der Waals surface area contributed by atoms with Crippen LogP contribution in [-0.2, 0) is 51.9 Å². The highest BCUT2D eigenvalue weighted by Crippen LogP contribution is 2.63. The van der Waals surface area contributed by atoms with Crippen LogP contribution in [0.2, 0.25) is 0 Å². The van der Waals surface area contributed by atoms with E-state index in [4.69, 9.17) is 51.7 Å². The van der Waals surface area contributed by atoms with E-state index >= 15 is 0 Å². The average Bonchev–Trinajstić information content (AvgIpc) is 1.53. The van der Waals surface area contributed by atoms with E-state index < -0.39 is 150 Å². The van der Waals surface area contributed by atoms with Gasteiger partial charge in [-0.1, -0.05) is 34.6 Å². The van der Waals surface area contributed by atoms with Crippen LogP contribution in [0.3, 0.4) is 0 Å². The number of carbonyl (C=O) groups excluding carboxylic acids is 5. The number of aliphatic imine (C=N–C) groups is 3. The molecule has 1 aromatic heterocycles. The lowest BCUT2D eigenvalue weighted by Gasteiger charge is -2.48. The van der Waals surface area contributed by atoms with Crippen LogP contribution in [-0.4, -0.2) is 143 Å². The summed E-state index contributed by atoms with van der Waals surface area (Å²) in [6.07, 6.45) is -5.37. The molecule has 0 aliphatic carbocycles. The Kier molecular flexibility index (Phi) is 19.6. The third kappa shape index (κ3) is 13.0. The molecule has 8 rings (SSSR count). The molecular formula is C62H88N11O16P. The first kappa shape index (κ1) is 68.9. The molecule has 15 atom stereocenters. The second-order valence-corrected chi connectivity index (χ2v) is 28.3. The molecule has 1 aromatic carbocycles. The van der Waals surface area contributed by atoms with Gasteiger partial charge in [0.1, 0.15) is 18.3 Å². The number of primary amides is 4. The van der Waals surface area contributed by atoms with Crippen LogP contribution < -0.4 is 33.6 Å². The third-order valence-electron chi connectivity index (χ3n) is 20.5. The van der Waals surface area contributed by atoms with E-state index in [2.05, 4.69) is 15.6 Å². The smallest absolute Gasteiger partial charge is 0.472 e. The van der Waals surface area contributed by atoms with Gasteiger partial charge in [-0.3, -0.25) is 57.6 Å². The highest BCUT2D eigenvalue weighted by molar-refractivity contribution is 7.47. The highest BCUT2D eigenvalue weighted by atomic mass is 31.2. The predicted octanol–water partition coefficient (Wildman–Crippen LogP) is 4.36. The van der Waals surface area contributed by atoms with E-state index in [1.165, 1.54) is 13.3 Å². The van der Waals surface area contributed by atoms with Crippen molar-refractivity contribution in [2.45, 2.75) is 189 Å². The number of hydrogen-bond donors (Lipinski definition) is 11. The largest absolute Gasteiger partial charge is 0.481 e. The number of hydrogen-bond acceptors (Lipinski definition) is 18. The minimum absolute atomic E-state index is 0.0305. The zero-order valence-electron chi connectivity index (χ0n) is 53.0. The van der Waals surface area contributed by atoms with Gasteiger partial charge in [-0.2, -0.15) is 0 Å². The summed E-state index contributed by atoms with van der Waals surface area (Å²) in [5.74, 6) is -8.63. The zero-order chi connectivity index (χ0) is 66.7. The Morgan fingerprint density at radius 1 is 0.822 bits per heavy atom. The fraction of sp³-hybridized carbons (Fsp3) is 0.629. The van der Waals surface area contributed by atoms with E-state index in [1.54, 1.807) is 39.2 Å². The summed E-state index contributed by atoms with van der Waals surface area (Å²) in [7, 11) is -5.08. The molecule has 28 heteroatoms. The number of allylic oxidation sites excluding steroid dienone is 6. The molecule has 8 bridgehead atoms. The molecule has 6 aliphatic rings. The predicted molar refractivity (Wildman–Crippen MR) is 330 cm³/mol. The maximum atomic E-state index is 14.4. The summed E-state index contributed by atoms with van der Waals surface area (Å²) >= 11 is 0. The number of aryl methyl sites for hydroxylation is 2. The number of aliphatic hydroxyl groups excluding tert-OH is 2. The lowest BCUT2D eigenvalue weighted by atomic mass is 9.55. The van der Waals surface area contributed by atoms with Crippen LogP contribution in [0.5, 0.6) is 0 Å². The standard InChI is InChI=1S/C62H88N11O16P/c1-29-20-39-40(21-30(29)2)73(28-68-39)57-52(84)53(41(27-74)87-57)89-90(85,86)88-31(3)26-67-47(79)18-19-59(8)37(22-44(64)76)56-62(11)61(10,25-46(66)78)36(14-17-49(82)83)51(72-62)33(5)55-60(9,24-45(65)77)34(13-16-48(80)81)38(69-55)23-42-58(6,7)35(12-15-43(63)75)50(70-42)32(4)54(59)71-56/h20-21,23,28,31,34-37,41,52-53,56-57,69,74,84H,12-19,22,24-27H2,1-11H3,(H2,63,75)(H2,64,76)(H2,65,77)(H2,66,78)(H,67,79)(H,80,81)(H,82,83)(H,85,86)/b38-23?,50-32?,55-33-/t31-,34+,35+,36+,37-,41+,52+,53+,56+,57-,59+,60-,61-,62-/m0/s1. The van der Waals surface area contributed by atoms with Crippen molar-refractivity contribution < 1.29 is 77.2 Å². The van der Waals surface area contributed by atoms with E-state index in [1.807, 2.05) is 52.8 Å². The second kappa shape index (κ2) is 25.6. The minimum atomic E-state index is -5.08.